The largest absolute Gasteiger partial charge is 0.417 e. The smallest absolute Gasteiger partial charge is 0.380 e. The van der Waals surface area contributed by atoms with Crippen molar-refractivity contribution in [1.82, 2.24) is 4.98 Å². The van der Waals surface area contributed by atoms with E-state index in [0.29, 0.717) is 12.6 Å². The number of rotatable bonds is 4. The average molecular weight is 344 g/mol. The summed E-state index contributed by atoms with van der Waals surface area (Å²) in [5.41, 5.74) is -1.07. The summed E-state index contributed by atoms with van der Waals surface area (Å²) in [4.78, 5) is 16.0. The molecule has 0 aliphatic rings. The summed E-state index contributed by atoms with van der Waals surface area (Å²) in [7, 11) is 0. The number of thiazole rings is 1. The van der Waals surface area contributed by atoms with E-state index in [9.17, 15) is 23.1 Å². The van der Waals surface area contributed by atoms with Crippen LogP contribution in [-0.2, 0) is 4.79 Å². The number of halogens is 3. The van der Waals surface area contributed by atoms with E-state index in [1.54, 1.807) is 24.3 Å². The molecule has 0 aliphatic carbocycles. The number of benzene rings is 1. The zero-order valence-electron chi connectivity index (χ0n) is 12.4. The highest BCUT2D eigenvalue weighted by Crippen LogP contribution is 2.33. The first-order chi connectivity index (χ1) is 10.6. The lowest BCUT2D eigenvalue weighted by Gasteiger charge is -2.25. The van der Waals surface area contributed by atoms with Gasteiger partial charge in [0, 0.05) is 16.6 Å². The number of amides is 1. The summed E-state index contributed by atoms with van der Waals surface area (Å²) < 4.78 is 37.6. The first-order valence-corrected chi connectivity index (χ1v) is 7.58. The molecule has 1 amide bonds. The highest BCUT2D eigenvalue weighted by atomic mass is 32.1. The van der Waals surface area contributed by atoms with Crippen molar-refractivity contribution in [2.45, 2.75) is 32.0 Å². The van der Waals surface area contributed by atoms with Crippen LogP contribution in [0.5, 0.6) is 0 Å². The highest BCUT2D eigenvalue weighted by molar-refractivity contribution is 7.09. The second-order valence-corrected chi connectivity index (χ2v) is 6.39. The Bertz CT molecular complexity index is 693. The monoisotopic (exact) mass is 344 g/mol. The number of hydrogen-bond donors (Lipinski definition) is 2. The summed E-state index contributed by atoms with van der Waals surface area (Å²) >= 11 is 1.51. The molecule has 1 aromatic heterocycles. The van der Waals surface area contributed by atoms with E-state index in [-0.39, 0.29) is 0 Å². The van der Waals surface area contributed by atoms with Gasteiger partial charge in [-0.15, -0.1) is 11.3 Å². The third-order valence-electron chi connectivity index (χ3n) is 3.20. The first kappa shape index (κ1) is 17.4. The maximum atomic E-state index is 12.5. The van der Waals surface area contributed by atoms with E-state index in [2.05, 4.69) is 10.3 Å². The number of alkyl halides is 3. The van der Waals surface area contributed by atoms with E-state index >= 15 is 0 Å². The fourth-order valence-corrected chi connectivity index (χ4v) is 2.46. The molecule has 0 fully saturated rings. The molecular formula is C15H15F3N2O2S. The Kier molecular flexibility index (Phi) is 4.76. The third-order valence-corrected chi connectivity index (χ3v) is 3.97. The molecule has 1 atom stereocenters. The van der Waals surface area contributed by atoms with Gasteiger partial charge in [0.1, 0.15) is 0 Å². The first-order valence-electron chi connectivity index (χ1n) is 6.70. The van der Waals surface area contributed by atoms with Crippen molar-refractivity contribution in [3.05, 3.63) is 34.7 Å². The fraction of sp³-hybridized carbons (Fsp3) is 0.333. The molecule has 0 radical (unpaired) electrons. The molecule has 2 aromatic rings. The standard InChI is InChI=1S/C15H15F3N2O2S/c1-9-19-12(8-23-9)10-3-5-11(6-4-10)20-13(21)7-14(2,22)15(16,17)18/h3-6,8,22H,7H2,1-2H3,(H,20,21)/t14-/m0/s1. The molecule has 0 aliphatic heterocycles. The van der Waals surface area contributed by atoms with Gasteiger partial charge in [0.05, 0.1) is 17.1 Å². The van der Waals surface area contributed by atoms with Crippen LogP contribution in [-0.4, -0.2) is 27.8 Å². The van der Waals surface area contributed by atoms with Gasteiger partial charge in [0.2, 0.25) is 5.91 Å². The van der Waals surface area contributed by atoms with Gasteiger partial charge < -0.3 is 10.4 Å². The van der Waals surface area contributed by atoms with E-state index in [1.165, 1.54) is 11.3 Å². The molecule has 0 spiro atoms. The van der Waals surface area contributed by atoms with Gasteiger partial charge in [-0.05, 0) is 26.0 Å². The second kappa shape index (κ2) is 6.29. The van der Waals surface area contributed by atoms with E-state index in [0.717, 1.165) is 16.3 Å². The Labute approximate surface area is 135 Å². The topological polar surface area (TPSA) is 62.2 Å². The van der Waals surface area contributed by atoms with Gasteiger partial charge in [0.15, 0.2) is 5.60 Å². The zero-order chi connectivity index (χ0) is 17.3. The van der Waals surface area contributed by atoms with Crippen molar-refractivity contribution in [2.24, 2.45) is 0 Å². The van der Waals surface area contributed by atoms with Crippen molar-refractivity contribution >= 4 is 22.9 Å². The van der Waals surface area contributed by atoms with Crippen molar-refractivity contribution in [3.8, 4) is 11.3 Å². The normalized spacial score (nSPS) is 14.3. The SMILES string of the molecule is Cc1nc(-c2ccc(NC(=O)C[C@](C)(O)C(F)(F)F)cc2)cs1. The van der Waals surface area contributed by atoms with Crippen molar-refractivity contribution in [3.63, 3.8) is 0 Å². The summed E-state index contributed by atoms with van der Waals surface area (Å²) in [6, 6.07) is 6.58. The maximum Gasteiger partial charge on any atom is 0.417 e. The second-order valence-electron chi connectivity index (χ2n) is 5.33. The molecule has 124 valence electrons. The Morgan fingerprint density at radius 1 is 1.30 bits per heavy atom. The van der Waals surface area contributed by atoms with Crippen molar-refractivity contribution in [2.75, 3.05) is 5.32 Å². The number of aliphatic hydroxyl groups is 1. The van der Waals surface area contributed by atoms with Crippen molar-refractivity contribution in [1.29, 1.82) is 0 Å². The van der Waals surface area contributed by atoms with Crippen LogP contribution in [0.15, 0.2) is 29.6 Å². The van der Waals surface area contributed by atoms with Gasteiger partial charge >= 0.3 is 6.18 Å². The molecular weight excluding hydrogens is 329 g/mol. The molecule has 8 heteroatoms. The summed E-state index contributed by atoms with van der Waals surface area (Å²) in [6.45, 7) is 2.45. The maximum absolute atomic E-state index is 12.5. The molecule has 0 saturated heterocycles. The van der Waals surface area contributed by atoms with Crippen LogP contribution in [0.25, 0.3) is 11.3 Å². The van der Waals surface area contributed by atoms with Gasteiger partial charge in [-0.25, -0.2) is 4.98 Å². The molecule has 1 heterocycles. The Balaban J connectivity index is 2.02. The number of hydrogen-bond acceptors (Lipinski definition) is 4. The Morgan fingerprint density at radius 3 is 2.39 bits per heavy atom. The van der Waals surface area contributed by atoms with Crippen LogP contribution < -0.4 is 5.32 Å². The lowest BCUT2D eigenvalue weighted by atomic mass is 10.0. The van der Waals surface area contributed by atoms with Gasteiger partial charge in [-0.2, -0.15) is 13.2 Å². The fourth-order valence-electron chi connectivity index (χ4n) is 1.84. The highest BCUT2D eigenvalue weighted by Gasteiger charge is 2.50. The van der Waals surface area contributed by atoms with Crippen molar-refractivity contribution < 1.29 is 23.1 Å². The summed E-state index contributed by atoms with van der Waals surface area (Å²) in [5.74, 6) is -0.912. The Hall–Kier alpha value is -1.93. The van der Waals surface area contributed by atoms with E-state index < -0.39 is 24.1 Å². The number of anilines is 1. The molecule has 0 saturated carbocycles. The van der Waals surface area contributed by atoms with Gasteiger partial charge in [-0.1, -0.05) is 12.1 Å². The molecule has 0 bridgehead atoms. The third kappa shape index (κ3) is 4.29. The van der Waals surface area contributed by atoms with Crippen LogP contribution >= 0.6 is 11.3 Å². The minimum absolute atomic E-state index is 0.351. The number of nitrogens with one attached hydrogen (secondary N) is 1. The Morgan fingerprint density at radius 2 is 1.91 bits per heavy atom. The minimum atomic E-state index is -4.86. The number of aryl methyl sites for hydroxylation is 1. The predicted molar refractivity (Wildman–Crippen MR) is 82.2 cm³/mol. The van der Waals surface area contributed by atoms with Crippen LogP contribution in [0.4, 0.5) is 18.9 Å². The molecule has 2 rings (SSSR count). The summed E-state index contributed by atoms with van der Waals surface area (Å²) in [6.07, 6.45) is -5.93. The zero-order valence-corrected chi connectivity index (χ0v) is 13.3. The quantitative estimate of drug-likeness (QED) is 0.888. The average Bonchev–Trinajstić information content (AvgIpc) is 2.84. The molecule has 2 N–H and O–H groups in total. The summed E-state index contributed by atoms with van der Waals surface area (Å²) in [5, 5.41) is 14.5. The van der Waals surface area contributed by atoms with Crippen LogP contribution in [0, 0.1) is 6.92 Å². The predicted octanol–water partition coefficient (Wildman–Crippen LogP) is 3.76. The lowest BCUT2D eigenvalue weighted by molar-refractivity contribution is -0.252. The minimum Gasteiger partial charge on any atom is -0.380 e. The van der Waals surface area contributed by atoms with Gasteiger partial charge in [-0.3, -0.25) is 4.79 Å². The van der Waals surface area contributed by atoms with Gasteiger partial charge in [0.25, 0.3) is 0 Å². The van der Waals surface area contributed by atoms with E-state index in [4.69, 9.17) is 0 Å². The number of carbonyl (C=O) groups is 1. The number of aromatic nitrogens is 1. The molecule has 4 nitrogen and oxygen atoms in total. The number of carbonyl (C=O) groups excluding carboxylic acids is 1. The van der Waals surface area contributed by atoms with E-state index in [1.807, 2.05) is 12.3 Å². The number of nitrogens with zero attached hydrogens (tertiary/aromatic N) is 1. The molecule has 23 heavy (non-hydrogen) atoms. The molecule has 1 aromatic carbocycles. The van der Waals surface area contributed by atoms with Crippen LogP contribution in [0.3, 0.4) is 0 Å². The molecule has 0 unspecified atom stereocenters. The van der Waals surface area contributed by atoms with Crippen LogP contribution in [0.2, 0.25) is 0 Å². The van der Waals surface area contributed by atoms with Crippen LogP contribution in [0.1, 0.15) is 18.4 Å². The lowest BCUT2D eigenvalue weighted by Crippen LogP contribution is -2.44.